The van der Waals surface area contributed by atoms with Gasteiger partial charge in [-0.3, -0.25) is 4.98 Å². The van der Waals surface area contributed by atoms with Crippen LogP contribution in [-0.2, 0) is 0 Å². The molecule has 2 rings (SSSR count). The molecule has 6 nitrogen and oxygen atoms in total. The molecule has 19 heavy (non-hydrogen) atoms. The van der Waals surface area contributed by atoms with E-state index < -0.39 is 0 Å². The van der Waals surface area contributed by atoms with Crippen LogP contribution in [0.2, 0.25) is 0 Å². The normalized spacial score (nSPS) is 10.3. The van der Waals surface area contributed by atoms with Gasteiger partial charge in [0.1, 0.15) is 17.5 Å². The average molecular weight is 259 g/mol. The molecule has 0 unspecified atom stereocenters. The Morgan fingerprint density at radius 3 is 2.68 bits per heavy atom. The van der Waals surface area contributed by atoms with Gasteiger partial charge in [-0.2, -0.15) is 0 Å². The highest BCUT2D eigenvalue weighted by Crippen LogP contribution is 2.18. The maximum Gasteiger partial charge on any atom is 0.136 e. The van der Waals surface area contributed by atoms with Gasteiger partial charge in [-0.15, -0.1) is 0 Å². The smallest absolute Gasteiger partial charge is 0.136 e. The number of aromatic nitrogens is 3. The van der Waals surface area contributed by atoms with Gasteiger partial charge in [-0.1, -0.05) is 0 Å². The van der Waals surface area contributed by atoms with E-state index in [1.54, 1.807) is 12.4 Å². The van der Waals surface area contributed by atoms with Gasteiger partial charge in [0.25, 0.3) is 0 Å². The third-order valence-electron chi connectivity index (χ3n) is 2.60. The first-order chi connectivity index (χ1) is 9.19. The van der Waals surface area contributed by atoms with Gasteiger partial charge in [-0.05, 0) is 19.1 Å². The summed E-state index contributed by atoms with van der Waals surface area (Å²) in [4.78, 5) is 14.5. The van der Waals surface area contributed by atoms with Gasteiger partial charge in [0.2, 0.25) is 0 Å². The Morgan fingerprint density at radius 1 is 1.26 bits per heavy atom. The lowest BCUT2D eigenvalue weighted by molar-refractivity contribution is 0.304. The van der Waals surface area contributed by atoms with Gasteiger partial charge >= 0.3 is 0 Å². The van der Waals surface area contributed by atoms with Gasteiger partial charge in [-0.25, -0.2) is 9.97 Å². The largest absolute Gasteiger partial charge is 0.395 e. The Balaban J connectivity index is 2.21. The first-order valence-corrected chi connectivity index (χ1v) is 6.04. The number of nitrogens with one attached hydrogen (secondary N) is 1. The summed E-state index contributed by atoms with van der Waals surface area (Å²) < 4.78 is 0. The number of aryl methyl sites for hydroxylation is 1. The summed E-state index contributed by atoms with van der Waals surface area (Å²) in [6, 6.07) is 5.59. The van der Waals surface area contributed by atoms with Crippen LogP contribution in [-0.4, -0.2) is 40.3 Å². The summed E-state index contributed by atoms with van der Waals surface area (Å²) in [5.74, 6) is 2.18. The summed E-state index contributed by atoms with van der Waals surface area (Å²) in [5, 5.41) is 12.2. The topological polar surface area (TPSA) is 74.2 Å². The van der Waals surface area contributed by atoms with Crippen LogP contribution in [0.1, 0.15) is 5.82 Å². The fraction of sp³-hybridized carbons (Fsp3) is 0.308. The van der Waals surface area contributed by atoms with Crippen molar-refractivity contribution < 1.29 is 5.11 Å². The second-order valence-electron chi connectivity index (χ2n) is 4.16. The highest BCUT2D eigenvalue weighted by Gasteiger charge is 2.06. The van der Waals surface area contributed by atoms with Crippen LogP contribution < -0.4 is 10.2 Å². The Hall–Kier alpha value is -2.21. The van der Waals surface area contributed by atoms with Crippen LogP contribution in [0.5, 0.6) is 0 Å². The molecule has 0 aliphatic carbocycles. The molecule has 0 spiro atoms. The monoisotopic (exact) mass is 259 g/mol. The first-order valence-electron chi connectivity index (χ1n) is 6.04. The third-order valence-corrected chi connectivity index (χ3v) is 2.60. The number of anilines is 3. The second kappa shape index (κ2) is 6.10. The van der Waals surface area contributed by atoms with Crippen LogP contribution >= 0.6 is 0 Å². The van der Waals surface area contributed by atoms with Crippen molar-refractivity contribution in [2.24, 2.45) is 0 Å². The molecule has 0 saturated carbocycles. The summed E-state index contributed by atoms with van der Waals surface area (Å²) in [6.07, 6.45) is 3.43. The third kappa shape index (κ3) is 3.62. The van der Waals surface area contributed by atoms with Crippen molar-refractivity contribution in [3.05, 3.63) is 36.4 Å². The minimum absolute atomic E-state index is 0.0899. The van der Waals surface area contributed by atoms with Crippen molar-refractivity contribution in [2.75, 3.05) is 30.4 Å². The minimum Gasteiger partial charge on any atom is -0.395 e. The molecule has 0 amide bonds. The molecule has 0 aromatic carbocycles. The molecule has 0 fully saturated rings. The van der Waals surface area contributed by atoms with E-state index in [9.17, 15) is 0 Å². The van der Waals surface area contributed by atoms with Crippen LogP contribution in [0.4, 0.5) is 17.3 Å². The lowest BCUT2D eigenvalue weighted by Crippen LogP contribution is -2.22. The van der Waals surface area contributed by atoms with Gasteiger partial charge in [0, 0.05) is 37.7 Å². The SMILES string of the molecule is Cc1nc(Nc2ccncc2)cc(N(C)CCO)n1. The van der Waals surface area contributed by atoms with Gasteiger partial charge in [0.15, 0.2) is 0 Å². The molecule has 0 saturated heterocycles. The molecular weight excluding hydrogens is 242 g/mol. The van der Waals surface area contributed by atoms with Crippen molar-refractivity contribution in [3.63, 3.8) is 0 Å². The number of aliphatic hydroxyl groups is 1. The van der Waals surface area contributed by atoms with E-state index in [4.69, 9.17) is 5.11 Å². The Morgan fingerprint density at radius 2 is 2.00 bits per heavy atom. The van der Waals surface area contributed by atoms with E-state index >= 15 is 0 Å². The molecule has 0 atom stereocenters. The minimum atomic E-state index is 0.0899. The number of pyridine rings is 1. The Bertz CT molecular complexity index is 532. The zero-order chi connectivity index (χ0) is 13.7. The summed E-state index contributed by atoms with van der Waals surface area (Å²) >= 11 is 0. The van der Waals surface area contributed by atoms with E-state index in [-0.39, 0.29) is 6.61 Å². The lowest BCUT2D eigenvalue weighted by Gasteiger charge is -2.18. The average Bonchev–Trinajstić information content (AvgIpc) is 2.39. The number of hydrogen-bond acceptors (Lipinski definition) is 6. The zero-order valence-corrected chi connectivity index (χ0v) is 11.0. The number of hydrogen-bond donors (Lipinski definition) is 2. The highest BCUT2D eigenvalue weighted by atomic mass is 16.3. The summed E-state index contributed by atoms with van der Waals surface area (Å²) in [5.41, 5.74) is 0.920. The second-order valence-corrected chi connectivity index (χ2v) is 4.16. The quantitative estimate of drug-likeness (QED) is 0.844. The van der Waals surface area contributed by atoms with Crippen LogP contribution in [0.25, 0.3) is 0 Å². The molecule has 6 heteroatoms. The number of nitrogens with zero attached hydrogens (tertiary/aromatic N) is 4. The van der Waals surface area contributed by atoms with E-state index in [1.807, 2.05) is 37.1 Å². The number of aliphatic hydroxyl groups excluding tert-OH is 1. The van der Waals surface area contributed by atoms with Crippen LogP contribution in [0, 0.1) is 6.92 Å². The summed E-state index contributed by atoms with van der Waals surface area (Å²) in [6.45, 7) is 2.46. The van der Waals surface area contributed by atoms with E-state index in [0.29, 0.717) is 12.4 Å². The highest BCUT2D eigenvalue weighted by molar-refractivity contribution is 5.58. The van der Waals surface area contributed by atoms with Gasteiger partial charge in [0.05, 0.1) is 6.61 Å². The van der Waals surface area contributed by atoms with E-state index in [1.165, 1.54) is 0 Å². The zero-order valence-electron chi connectivity index (χ0n) is 11.0. The molecule has 100 valence electrons. The Labute approximate surface area is 112 Å². The van der Waals surface area contributed by atoms with Crippen molar-refractivity contribution in [2.45, 2.75) is 6.92 Å². The van der Waals surface area contributed by atoms with Crippen LogP contribution in [0.3, 0.4) is 0 Å². The standard InChI is InChI=1S/C13H17N5O/c1-10-15-12(17-11-3-5-14-6-4-11)9-13(16-10)18(2)7-8-19/h3-6,9,19H,7-8H2,1-2H3,(H,14,15,16,17). The molecule has 2 heterocycles. The molecule has 0 aliphatic rings. The maximum atomic E-state index is 8.96. The maximum absolute atomic E-state index is 8.96. The fourth-order valence-electron chi connectivity index (χ4n) is 1.66. The molecular formula is C13H17N5O. The molecule has 0 radical (unpaired) electrons. The molecule has 0 bridgehead atoms. The molecule has 2 aromatic heterocycles. The van der Waals surface area contributed by atoms with E-state index in [0.717, 1.165) is 17.3 Å². The first kappa shape index (κ1) is 13.2. The lowest BCUT2D eigenvalue weighted by atomic mass is 10.4. The molecule has 2 aromatic rings. The van der Waals surface area contributed by atoms with Crippen LogP contribution in [0.15, 0.2) is 30.6 Å². The Kier molecular flexibility index (Phi) is 4.25. The van der Waals surface area contributed by atoms with Crippen molar-refractivity contribution in [1.82, 2.24) is 15.0 Å². The predicted octanol–water partition coefficient (Wildman–Crippen LogP) is 1.35. The number of rotatable bonds is 5. The predicted molar refractivity (Wildman–Crippen MR) is 74.6 cm³/mol. The molecule has 2 N–H and O–H groups in total. The van der Waals surface area contributed by atoms with Crippen molar-refractivity contribution in [3.8, 4) is 0 Å². The fourth-order valence-corrected chi connectivity index (χ4v) is 1.66. The van der Waals surface area contributed by atoms with Gasteiger partial charge < -0.3 is 15.3 Å². The molecule has 0 aliphatic heterocycles. The van der Waals surface area contributed by atoms with Crippen molar-refractivity contribution in [1.29, 1.82) is 0 Å². The van der Waals surface area contributed by atoms with E-state index in [2.05, 4.69) is 20.3 Å². The van der Waals surface area contributed by atoms with Crippen molar-refractivity contribution >= 4 is 17.3 Å². The number of likely N-dealkylation sites (N-methyl/N-ethyl adjacent to an activating group) is 1. The summed E-state index contributed by atoms with van der Waals surface area (Å²) in [7, 11) is 1.88.